The van der Waals surface area contributed by atoms with E-state index in [0.29, 0.717) is 11.0 Å². The van der Waals surface area contributed by atoms with Crippen molar-refractivity contribution in [1.29, 1.82) is 0 Å². The van der Waals surface area contributed by atoms with Gasteiger partial charge >= 0.3 is 0 Å². The molecule has 2 aromatic rings. The third kappa shape index (κ3) is 5.09. The zero-order valence-electron chi connectivity index (χ0n) is 15.6. The second kappa shape index (κ2) is 8.37. The fourth-order valence-corrected chi connectivity index (χ4v) is 2.97. The van der Waals surface area contributed by atoms with Crippen molar-refractivity contribution >= 4 is 16.5 Å². The normalized spacial score (nSPS) is 16.3. The average Bonchev–Trinajstić information content (AvgIpc) is 2.65. The molecule has 1 aliphatic heterocycles. The highest BCUT2D eigenvalue weighted by molar-refractivity contribution is 5.85. The number of quaternary nitrogens is 1. The molecule has 4 heteroatoms. The van der Waals surface area contributed by atoms with E-state index in [1.807, 2.05) is 50.5 Å². The van der Waals surface area contributed by atoms with E-state index in [1.54, 1.807) is 6.20 Å². The van der Waals surface area contributed by atoms with E-state index in [2.05, 4.69) is 22.8 Å². The van der Waals surface area contributed by atoms with Crippen LogP contribution in [0.3, 0.4) is 0 Å². The molecule has 0 bridgehead atoms. The first-order valence-electron chi connectivity index (χ1n) is 9.01. The summed E-state index contributed by atoms with van der Waals surface area (Å²) in [5, 5.41) is 14.9. The summed E-state index contributed by atoms with van der Waals surface area (Å²) >= 11 is 0. The fourth-order valence-electron chi connectivity index (χ4n) is 2.97. The predicted molar refractivity (Wildman–Crippen MR) is 104 cm³/mol. The summed E-state index contributed by atoms with van der Waals surface area (Å²) in [6.07, 6.45) is 1.74. The third-order valence-corrected chi connectivity index (χ3v) is 4.52. The molecule has 0 spiro atoms. The molecule has 0 atom stereocenters. The molecule has 1 aliphatic rings. The quantitative estimate of drug-likeness (QED) is 0.480. The molecule has 4 nitrogen and oxygen atoms in total. The number of fused-ring (bicyclic) bond motifs is 1. The van der Waals surface area contributed by atoms with Gasteiger partial charge in [-0.05, 0) is 34.1 Å². The third-order valence-electron chi connectivity index (χ3n) is 4.52. The molecule has 0 aliphatic carbocycles. The van der Waals surface area contributed by atoms with Crippen LogP contribution in [0.1, 0.15) is 5.56 Å². The van der Waals surface area contributed by atoms with Crippen LogP contribution in [0.15, 0.2) is 48.7 Å². The zero-order valence-corrected chi connectivity index (χ0v) is 15.6. The van der Waals surface area contributed by atoms with Crippen LogP contribution in [0.2, 0.25) is 0 Å². The Morgan fingerprint density at radius 3 is 2.62 bits per heavy atom. The van der Waals surface area contributed by atoms with Crippen LogP contribution in [0.5, 0.6) is 0 Å². The Labute approximate surface area is 155 Å². The smallest absolute Gasteiger partial charge is 0.144 e. The second-order valence-corrected chi connectivity index (χ2v) is 7.23. The Balaban J connectivity index is 1.64. The van der Waals surface area contributed by atoms with Gasteiger partial charge in [-0.15, -0.1) is 0 Å². The maximum Gasteiger partial charge on any atom is 0.144 e. The van der Waals surface area contributed by atoms with Crippen molar-refractivity contribution in [1.82, 2.24) is 4.90 Å². The molecule has 0 saturated carbocycles. The molecule has 1 heterocycles. The fraction of sp³-hybridized carbons (Fsp3) is 0.364. The van der Waals surface area contributed by atoms with Gasteiger partial charge in [0.15, 0.2) is 0 Å². The van der Waals surface area contributed by atoms with Crippen molar-refractivity contribution in [2.24, 2.45) is 0 Å². The van der Waals surface area contributed by atoms with Gasteiger partial charge in [-0.3, -0.25) is 9.38 Å². The highest BCUT2D eigenvalue weighted by atomic mass is 16.5. The minimum absolute atomic E-state index is 0.0377. The van der Waals surface area contributed by atoms with Crippen molar-refractivity contribution in [3.8, 4) is 11.8 Å². The minimum Gasteiger partial charge on any atom is -0.868 e. The van der Waals surface area contributed by atoms with Crippen molar-refractivity contribution in [2.45, 2.75) is 0 Å². The van der Waals surface area contributed by atoms with E-state index >= 15 is 0 Å². The molecule has 136 valence electrons. The maximum absolute atomic E-state index is 12.6. The van der Waals surface area contributed by atoms with Gasteiger partial charge in [0.2, 0.25) is 0 Å². The molecule has 1 saturated heterocycles. The molecular weight excluding hydrogens is 324 g/mol. The summed E-state index contributed by atoms with van der Waals surface area (Å²) in [5.41, 5.74) is 0.719. The van der Waals surface area contributed by atoms with Gasteiger partial charge in [-0.25, -0.2) is 0 Å². The Bertz CT molecular complexity index is 840. The molecule has 0 radical (unpaired) electrons. The first kappa shape index (κ1) is 18.5. The van der Waals surface area contributed by atoms with Crippen molar-refractivity contribution in [2.75, 3.05) is 53.5 Å². The second-order valence-electron chi connectivity index (χ2n) is 7.23. The number of hydrogen-bond donors (Lipinski definition) is 0. The lowest BCUT2D eigenvalue weighted by molar-refractivity contribution is -0.831. The van der Waals surface area contributed by atoms with Gasteiger partial charge in [0.05, 0.1) is 40.1 Å². The summed E-state index contributed by atoms with van der Waals surface area (Å²) in [4.78, 5) is 2.29. The Kier molecular flexibility index (Phi) is 5.95. The van der Waals surface area contributed by atoms with Gasteiger partial charge in [-0.2, -0.15) is 0 Å². The van der Waals surface area contributed by atoms with Gasteiger partial charge in [-0.1, -0.05) is 42.3 Å². The highest BCUT2D eigenvalue weighted by Gasteiger charge is 2.11. The van der Waals surface area contributed by atoms with Crippen LogP contribution in [0.25, 0.3) is 16.5 Å². The molecular formula is C22H26N2O2. The van der Waals surface area contributed by atoms with E-state index < -0.39 is 0 Å². The Morgan fingerprint density at radius 2 is 1.85 bits per heavy atom. The molecule has 0 aromatic heterocycles. The summed E-state index contributed by atoms with van der Waals surface area (Å²) in [7, 11) is 4.00. The molecule has 2 aromatic carbocycles. The summed E-state index contributed by atoms with van der Waals surface area (Å²) in [6, 6.07) is 13.9. The van der Waals surface area contributed by atoms with Crippen molar-refractivity contribution in [3.63, 3.8) is 0 Å². The Hall–Kier alpha value is -2.32. The lowest BCUT2D eigenvalue weighted by atomic mass is 10.1. The van der Waals surface area contributed by atoms with Crippen LogP contribution in [-0.4, -0.2) is 62.9 Å². The summed E-state index contributed by atoms with van der Waals surface area (Å²) in [5.74, 6) is 6.48. The van der Waals surface area contributed by atoms with E-state index in [9.17, 15) is 5.11 Å². The van der Waals surface area contributed by atoms with Gasteiger partial charge in [0, 0.05) is 13.1 Å². The largest absolute Gasteiger partial charge is 0.868 e. The van der Waals surface area contributed by atoms with Crippen LogP contribution in [0, 0.1) is 11.8 Å². The SMILES string of the molecule is C[N+](C)(/C=C(\[O-])c1ccc2ccccc2c1)CC#CCN1CCOCC1. The summed E-state index contributed by atoms with van der Waals surface area (Å²) in [6.45, 7) is 4.85. The predicted octanol–water partition coefficient (Wildman–Crippen LogP) is 1.91. The summed E-state index contributed by atoms with van der Waals surface area (Å²) < 4.78 is 5.78. The number of nitrogens with zero attached hydrogens (tertiary/aromatic N) is 2. The van der Waals surface area contributed by atoms with E-state index in [-0.39, 0.29) is 5.76 Å². The van der Waals surface area contributed by atoms with Crippen LogP contribution in [0.4, 0.5) is 0 Å². The van der Waals surface area contributed by atoms with Crippen LogP contribution in [-0.2, 0) is 4.74 Å². The lowest BCUT2D eigenvalue weighted by Crippen LogP contribution is -2.37. The number of hydrogen-bond acceptors (Lipinski definition) is 3. The first-order chi connectivity index (χ1) is 12.5. The first-order valence-corrected chi connectivity index (χ1v) is 9.01. The average molecular weight is 350 g/mol. The topological polar surface area (TPSA) is 35.5 Å². The molecule has 1 fully saturated rings. The number of ether oxygens (including phenoxy) is 1. The number of rotatable bonds is 4. The van der Waals surface area contributed by atoms with Crippen LogP contribution < -0.4 is 5.11 Å². The minimum atomic E-state index is 0.0377. The molecule has 26 heavy (non-hydrogen) atoms. The maximum atomic E-state index is 12.6. The highest BCUT2D eigenvalue weighted by Crippen LogP contribution is 2.19. The van der Waals surface area contributed by atoms with Crippen molar-refractivity contribution in [3.05, 3.63) is 54.2 Å². The van der Waals surface area contributed by atoms with Gasteiger partial charge in [0.1, 0.15) is 6.54 Å². The monoisotopic (exact) mass is 350 g/mol. The standard InChI is InChI=1S/C22H26N2O2/c1-24(2,14-6-5-11-23-12-15-26-16-13-23)18-22(25)21-10-9-19-7-3-4-8-20(19)17-21/h3-4,7-10,17-18H,11-16H2,1-2H3/b22-18-. The van der Waals surface area contributed by atoms with E-state index in [1.165, 1.54) is 0 Å². The number of benzene rings is 2. The van der Waals surface area contributed by atoms with Gasteiger partial charge in [0.25, 0.3) is 0 Å². The lowest BCUT2D eigenvalue weighted by Gasteiger charge is -2.26. The van der Waals surface area contributed by atoms with E-state index in [0.717, 1.165) is 49.2 Å². The zero-order chi connectivity index (χ0) is 18.4. The molecule has 0 amide bonds. The van der Waals surface area contributed by atoms with Crippen molar-refractivity contribution < 1.29 is 14.3 Å². The van der Waals surface area contributed by atoms with E-state index in [4.69, 9.17) is 4.74 Å². The molecule has 0 unspecified atom stereocenters. The Morgan fingerprint density at radius 1 is 1.12 bits per heavy atom. The van der Waals surface area contributed by atoms with Gasteiger partial charge < -0.3 is 9.84 Å². The molecule has 3 rings (SSSR count). The number of morpholine rings is 1. The molecule has 0 N–H and O–H groups in total. The van der Waals surface area contributed by atoms with Crippen LogP contribution >= 0.6 is 0 Å².